The zero-order valence-electron chi connectivity index (χ0n) is 9.88. The topological polar surface area (TPSA) is 65.1 Å². The first-order chi connectivity index (χ1) is 8.58. The van der Waals surface area contributed by atoms with Gasteiger partial charge in [0.1, 0.15) is 0 Å². The van der Waals surface area contributed by atoms with Crippen molar-refractivity contribution in [2.24, 2.45) is 12.8 Å². The predicted molar refractivity (Wildman–Crippen MR) is 70.5 cm³/mol. The number of nitrogens with two attached hydrogens (primary N) is 1. The van der Waals surface area contributed by atoms with Gasteiger partial charge in [0.2, 0.25) is 0 Å². The van der Waals surface area contributed by atoms with E-state index in [9.17, 15) is 9.59 Å². The Labute approximate surface area is 103 Å². The number of pyridine rings is 1. The van der Waals surface area contributed by atoms with E-state index in [1.807, 2.05) is 6.07 Å². The maximum atomic E-state index is 12.0. The second kappa shape index (κ2) is 3.65. The fourth-order valence-electron chi connectivity index (χ4n) is 2.23. The van der Waals surface area contributed by atoms with E-state index in [1.54, 1.807) is 37.5 Å². The number of nitrogens with zero attached hydrogens (tertiary/aromatic N) is 1. The fraction of sp³-hybridized carbons (Fsp3) is 0.143. The molecule has 18 heavy (non-hydrogen) atoms. The second-order valence-electron chi connectivity index (χ2n) is 4.51. The molecule has 4 heteroatoms. The number of aromatic nitrogens is 1. The molecule has 0 amide bonds. The summed E-state index contributed by atoms with van der Waals surface area (Å²) in [5.41, 5.74) is 6.98. The summed E-state index contributed by atoms with van der Waals surface area (Å²) >= 11 is 0. The molecule has 2 N–H and O–H groups in total. The van der Waals surface area contributed by atoms with Crippen LogP contribution in [0.1, 0.15) is 15.9 Å². The number of carbonyl (C=O) groups excluding carboxylic acids is 1. The van der Waals surface area contributed by atoms with Gasteiger partial charge in [-0.05, 0) is 29.1 Å². The highest BCUT2D eigenvalue weighted by Crippen LogP contribution is 2.23. The Kier molecular flexibility index (Phi) is 2.21. The van der Waals surface area contributed by atoms with Gasteiger partial charge >= 0.3 is 0 Å². The SMILES string of the molecule is Cn1ccc2cc3c(cc2c1=O)C=CC(N)C3=O. The number of Topliss-reactive ketones (excluding diaryl/α,β-unsaturated/α-hetero) is 1. The van der Waals surface area contributed by atoms with E-state index in [2.05, 4.69) is 0 Å². The van der Waals surface area contributed by atoms with Crippen LogP contribution in [0.15, 0.2) is 35.3 Å². The number of benzene rings is 1. The van der Waals surface area contributed by atoms with Gasteiger partial charge in [-0.1, -0.05) is 12.2 Å². The van der Waals surface area contributed by atoms with Gasteiger partial charge in [0.15, 0.2) is 5.78 Å². The van der Waals surface area contributed by atoms with Gasteiger partial charge in [-0.25, -0.2) is 0 Å². The Hall–Kier alpha value is -2.20. The molecular formula is C14H12N2O2. The third kappa shape index (κ3) is 1.43. The summed E-state index contributed by atoms with van der Waals surface area (Å²) in [5.74, 6) is -0.102. The van der Waals surface area contributed by atoms with Crippen LogP contribution in [0.25, 0.3) is 16.8 Å². The molecule has 3 rings (SSSR count). The molecule has 1 unspecified atom stereocenters. The molecule has 4 nitrogen and oxygen atoms in total. The summed E-state index contributed by atoms with van der Waals surface area (Å²) in [4.78, 5) is 23.9. The Balaban J connectivity index is 2.39. The summed E-state index contributed by atoms with van der Waals surface area (Å²) in [5, 5.41) is 1.39. The molecule has 2 aromatic rings. The summed E-state index contributed by atoms with van der Waals surface area (Å²) in [6.45, 7) is 0. The quantitative estimate of drug-likeness (QED) is 0.749. The maximum absolute atomic E-state index is 12.0. The fourth-order valence-corrected chi connectivity index (χ4v) is 2.23. The highest BCUT2D eigenvalue weighted by atomic mass is 16.1. The monoisotopic (exact) mass is 240 g/mol. The van der Waals surface area contributed by atoms with Gasteiger partial charge < -0.3 is 10.3 Å². The molecule has 0 fully saturated rings. The number of carbonyl (C=O) groups is 1. The lowest BCUT2D eigenvalue weighted by Crippen LogP contribution is -2.31. The molecule has 0 saturated carbocycles. The lowest BCUT2D eigenvalue weighted by atomic mass is 9.91. The van der Waals surface area contributed by atoms with Crippen molar-refractivity contribution in [3.8, 4) is 0 Å². The van der Waals surface area contributed by atoms with E-state index in [0.29, 0.717) is 10.9 Å². The van der Waals surface area contributed by atoms with Crippen LogP contribution >= 0.6 is 0 Å². The molecule has 90 valence electrons. The van der Waals surface area contributed by atoms with E-state index in [0.717, 1.165) is 10.9 Å². The smallest absolute Gasteiger partial charge is 0.258 e. The van der Waals surface area contributed by atoms with Gasteiger partial charge in [0, 0.05) is 24.2 Å². The second-order valence-corrected chi connectivity index (χ2v) is 4.51. The molecule has 0 radical (unpaired) electrons. The van der Waals surface area contributed by atoms with E-state index in [-0.39, 0.29) is 11.3 Å². The van der Waals surface area contributed by atoms with E-state index in [4.69, 9.17) is 5.73 Å². The molecule has 1 aromatic heterocycles. The third-order valence-corrected chi connectivity index (χ3v) is 3.30. The van der Waals surface area contributed by atoms with Crippen molar-refractivity contribution in [2.45, 2.75) is 6.04 Å². The number of hydrogen-bond donors (Lipinski definition) is 1. The zero-order valence-corrected chi connectivity index (χ0v) is 9.88. The van der Waals surface area contributed by atoms with Crippen molar-refractivity contribution in [3.05, 3.63) is 52.0 Å². The molecule has 0 bridgehead atoms. The normalized spacial score (nSPS) is 18.1. The van der Waals surface area contributed by atoms with Gasteiger partial charge in [-0.2, -0.15) is 0 Å². The predicted octanol–water partition coefficient (Wildman–Crippen LogP) is 1.08. The largest absolute Gasteiger partial charge is 0.318 e. The molecule has 0 spiro atoms. The molecule has 1 aromatic carbocycles. The van der Waals surface area contributed by atoms with Crippen LogP contribution in [-0.2, 0) is 7.05 Å². The Bertz CT molecular complexity index is 756. The molecule has 1 atom stereocenters. The summed E-state index contributed by atoms with van der Waals surface area (Å²) in [6, 6.07) is 4.75. The Morgan fingerprint density at radius 3 is 2.83 bits per heavy atom. The number of aryl methyl sites for hydroxylation is 1. The first-order valence-electron chi connectivity index (χ1n) is 5.69. The summed E-state index contributed by atoms with van der Waals surface area (Å²) in [7, 11) is 1.71. The molecule has 1 aliphatic rings. The Morgan fingerprint density at radius 2 is 2.06 bits per heavy atom. The number of hydrogen-bond acceptors (Lipinski definition) is 3. The van der Waals surface area contributed by atoms with Crippen LogP contribution < -0.4 is 11.3 Å². The zero-order chi connectivity index (χ0) is 12.9. The molecule has 0 aliphatic heterocycles. The van der Waals surface area contributed by atoms with Crippen molar-refractivity contribution in [1.82, 2.24) is 4.57 Å². The summed E-state index contributed by atoms with van der Waals surface area (Å²) < 4.78 is 1.52. The van der Waals surface area contributed by atoms with Crippen LogP contribution in [0, 0.1) is 0 Å². The van der Waals surface area contributed by atoms with Gasteiger partial charge in [0.05, 0.1) is 6.04 Å². The van der Waals surface area contributed by atoms with Crippen molar-refractivity contribution >= 4 is 22.6 Å². The van der Waals surface area contributed by atoms with Gasteiger partial charge in [-0.15, -0.1) is 0 Å². The standard InChI is InChI=1S/C14H12N2O2/c1-16-5-4-9-6-10-8(7-11(9)14(16)18)2-3-12(15)13(10)17/h2-7,12H,15H2,1H3. The van der Waals surface area contributed by atoms with Crippen LogP contribution in [0.2, 0.25) is 0 Å². The maximum Gasteiger partial charge on any atom is 0.258 e. The van der Waals surface area contributed by atoms with Crippen molar-refractivity contribution in [1.29, 1.82) is 0 Å². The minimum Gasteiger partial charge on any atom is -0.318 e. The van der Waals surface area contributed by atoms with Gasteiger partial charge in [-0.3, -0.25) is 9.59 Å². The third-order valence-electron chi connectivity index (χ3n) is 3.30. The number of rotatable bonds is 0. The first kappa shape index (κ1) is 10.9. The van der Waals surface area contributed by atoms with Crippen molar-refractivity contribution in [2.75, 3.05) is 0 Å². The van der Waals surface area contributed by atoms with Gasteiger partial charge in [0.25, 0.3) is 5.56 Å². The van der Waals surface area contributed by atoms with Crippen LogP contribution in [0.4, 0.5) is 0 Å². The molecular weight excluding hydrogens is 228 g/mol. The average Bonchev–Trinajstić information content (AvgIpc) is 2.38. The highest BCUT2D eigenvalue weighted by Gasteiger charge is 2.21. The van der Waals surface area contributed by atoms with Crippen molar-refractivity contribution in [3.63, 3.8) is 0 Å². The molecule has 1 aliphatic carbocycles. The van der Waals surface area contributed by atoms with Crippen molar-refractivity contribution < 1.29 is 4.79 Å². The first-order valence-corrected chi connectivity index (χ1v) is 5.69. The van der Waals surface area contributed by atoms with Crippen LogP contribution in [0.5, 0.6) is 0 Å². The lowest BCUT2D eigenvalue weighted by Gasteiger charge is -2.15. The average molecular weight is 240 g/mol. The van der Waals surface area contributed by atoms with E-state index >= 15 is 0 Å². The highest BCUT2D eigenvalue weighted by molar-refractivity contribution is 6.09. The summed E-state index contributed by atoms with van der Waals surface area (Å²) in [6.07, 6.45) is 5.15. The molecule has 1 heterocycles. The number of ketones is 1. The molecule has 0 saturated heterocycles. The minimum atomic E-state index is -0.582. The minimum absolute atomic E-state index is 0.0639. The van der Waals surface area contributed by atoms with E-state index in [1.165, 1.54) is 4.57 Å². The Morgan fingerprint density at radius 1 is 1.28 bits per heavy atom. The van der Waals surface area contributed by atoms with E-state index < -0.39 is 6.04 Å². The number of fused-ring (bicyclic) bond motifs is 2. The van der Waals surface area contributed by atoms with Crippen LogP contribution in [-0.4, -0.2) is 16.4 Å². The van der Waals surface area contributed by atoms with Crippen LogP contribution in [0.3, 0.4) is 0 Å². The lowest BCUT2D eigenvalue weighted by molar-refractivity contribution is 0.0976.